The first-order valence-electron chi connectivity index (χ1n) is 5.15. The SMILES string of the molecule is Cc1ccc(Oc2ccc(CN)nn2)cc1F. The van der Waals surface area contributed by atoms with Crippen molar-refractivity contribution in [1.29, 1.82) is 0 Å². The minimum Gasteiger partial charge on any atom is -0.437 e. The van der Waals surface area contributed by atoms with Crippen molar-refractivity contribution in [1.82, 2.24) is 10.2 Å². The predicted octanol–water partition coefficient (Wildman–Crippen LogP) is 2.18. The molecule has 88 valence electrons. The van der Waals surface area contributed by atoms with Crippen LogP contribution in [0.15, 0.2) is 30.3 Å². The van der Waals surface area contributed by atoms with Gasteiger partial charge in [0.05, 0.1) is 5.69 Å². The van der Waals surface area contributed by atoms with Crippen molar-refractivity contribution in [2.24, 2.45) is 5.73 Å². The lowest BCUT2D eigenvalue weighted by Crippen LogP contribution is -2.01. The Kier molecular flexibility index (Phi) is 3.30. The Morgan fingerprint density at radius 3 is 2.65 bits per heavy atom. The Bertz CT molecular complexity index is 514. The van der Waals surface area contributed by atoms with Gasteiger partial charge in [-0.2, -0.15) is 5.10 Å². The zero-order valence-corrected chi connectivity index (χ0v) is 9.35. The molecule has 0 radical (unpaired) electrons. The molecule has 0 aliphatic carbocycles. The summed E-state index contributed by atoms with van der Waals surface area (Å²) in [4.78, 5) is 0. The van der Waals surface area contributed by atoms with Crippen LogP contribution in [-0.2, 0) is 6.54 Å². The molecule has 1 aromatic heterocycles. The molecular weight excluding hydrogens is 221 g/mol. The maximum atomic E-state index is 13.3. The Balaban J connectivity index is 2.16. The molecule has 2 N–H and O–H groups in total. The fourth-order valence-electron chi connectivity index (χ4n) is 1.27. The lowest BCUT2D eigenvalue weighted by atomic mass is 10.2. The van der Waals surface area contributed by atoms with Crippen LogP contribution in [0.3, 0.4) is 0 Å². The molecule has 0 unspecified atom stereocenters. The molecule has 0 aliphatic rings. The van der Waals surface area contributed by atoms with Gasteiger partial charge in [0, 0.05) is 18.7 Å². The first kappa shape index (κ1) is 11.5. The summed E-state index contributed by atoms with van der Waals surface area (Å²) in [6.45, 7) is 2.02. The number of rotatable bonds is 3. The van der Waals surface area contributed by atoms with Gasteiger partial charge < -0.3 is 10.5 Å². The van der Waals surface area contributed by atoms with Gasteiger partial charge in [0.15, 0.2) is 0 Å². The van der Waals surface area contributed by atoms with E-state index in [4.69, 9.17) is 10.5 Å². The van der Waals surface area contributed by atoms with E-state index in [1.807, 2.05) is 0 Å². The van der Waals surface area contributed by atoms with E-state index in [1.54, 1.807) is 31.2 Å². The summed E-state index contributed by atoms with van der Waals surface area (Å²) in [7, 11) is 0. The number of aryl methyl sites for hydroxylation is 1. The van der Waals surface area contributed by atoms with Crippen molar-refractivity contribution in [3.05, 3.63) is 47.4 Å². The normalized spacial score (nSPS) is 10.3. The van der Waals surface area contributed by atoms with Crippen LogP contribution in [0, 0.1) is 12.7 Å². The number of halogens is 1. The number of ether oxygens (including phenoxy) is 1. The molecule has 17 heavy (non-hydrogen) atoms. The van der Waals surface area contributed by atoms with E-state index in [0.717, 1.165) is 0 Å². The van der Waals surface area contributed by atoms with E-state index in [9.17, 15) is 4.39 Å². The van der Waals surface area contributed by atoms with Gasteiger partial charge in [-0.1, -0.05) is 6.07 Å². The number of nitrogens with two attached hydrogens (primary N) is 1. The van der Waals surface area contributed by atoms with Crippen molar-refractivity contribution in [2.45, 2.75) is 13.5 Å². The third kappa shape index (κ3) is 2.76. The van der Waals surface area contributed by atoms with Gasteiger partial charge in [-0.3, -0.25) is 0 Å². The van der Waals surface area contributed by atoms with Gasteiger partial charge >= 0.3 is 0 Å². The lowest BCUT2D eigenvalue weighted by Gasteiger charge is -2.05. The van der Waals surface area contributed by atoms with Gasteiger partial charge in [-0.05, 0) is 24.6 Å². The molecule has 2 aromatic rings. The van der Waals surface area contributed by atoms with Crippen LogP contribution in [0.25, 0.3) is 0 Å². The van der Waals surface area contributed by atoms with E-state index < -0.39 is 0 Å². The molecule has 0 aliphatic heterocycles. The molecule has 0 fully saturated rings. The lowest BCUT2D eigenvalue weighted by molar-refractivity contribution is 0.449. The summed E-state index contributed by atoms with van der Waals surface area (Å²) in [6, 6.07) is 8.00. The Morgan fingerprint density at radius 1 is 1.24 bits per heavy atom. The summed E-state index contributed by atoms with van der Waals surface area (Å²) < 4.78 is 18.6. The molecule has 0 spiro atoms. The summed E-state index contributed by atoms with van der Waals surface area (Å²) in [6.07, 6.45) is 0. The highest BCUT2D eigenvalue weighted by molar-refractivity contribution is 5.30. The standard InChI is InChI=1S/C12H12FN3O/c1-8-2-4-10(6-11(8)13)17-12-5-3-9(7-14)15-16-12/h2-6H,7,14H2,1H3. The zero-order valence-electron chi connectivity index (χ0n) is 9.35. The number of aromatic nitrogens is 2. The molecule has 0 atom stereocenters. The summed E-state index contributed by atoms with van der Waals surface area (Å²) in [5, 5.41) is 7.66. The average molecular weight is 233 g/mol. The van der Waals surface area contributed by atoms with Crippen LogP contribution in [0.5, 0.6) is 11.6 Å². The van der Waals surface area contributed by atoms with E-state index in [0.29, 0.717) is 29.4 Å². The minimum atomic E-state index is -0.311. The molecular formula is C12H12FN3O. The quantitative estimate of drug-likeness (QED) is 0.882. The largest absolute Gasteiger partial charge is 0.437 e. The van der Waals surface area contributed by atoms with Gasteiger partial charge in [-0.15, -0.1) is 5.10 Å². The summed E-state index contributed by atoms with van der Waals surface area (Å²) in [5.74, 6) is 0.391. The molecule has 0 saturated heterocycles. The minimum absolute atomic E-state index is 0.311. The molecule has 5 heteroatoms. The van der Waals surface area contributed by atoms with Crippen molar-refractivity contribution in [3.8, 4) is 11.6 Å². The van der Waals surface area contributed by atoms with Crippen LogP contribution < -0.4 is 10.5 Å². The topological polar surface area (TPSA) is 61.0 Å². The van der Waals surface area contributed by atoms with E-state index in [1.165, 1.54) is 6.07 Å². The highest BCUT2D eigenvalue weighted by Gasteiger charge is 2.03. The van der Waals surface area contributed by atoms with E-state index in [2.05, 4.69) is 10.2 Å². The first-order chi connectivity index (χ1) is 8.19. The fourth-order valence-corrected chi connectivity index (χ4v) is 1.27. The maximum Gasteiger partial charge on any atom is 0.238 e. The molecule has 1 heterocycles. The predicted molar refractivity (Wildman–Crippen MR) is 61.1 cm³/mol. The first-order valence-corrected chi connectivity index (χ1v) is 5.15. The zero-order chi connectivity index (χ0) is 12.3. The van der Waals surface area contributed by atoms with Crippen LogP contribution in [0.2, 0.25) is 0 Å². The third-order valence-electron chi connectivity index (χ3n) is 2.27. The average Bonchev–Trinajstić information content (AvgIpc) is 2.35. The monoisotopic (exact) mass is 233 g/mol. The number of benzene rings is 1. The molecule has 1 aromatic carbocycles. The van der Waals surface area contributed by atoms with E-state index in [-0.39, 0.29) is 5.82 Å². The smallest absolute Gasteiger partial charge is 0.238 e. The van der Waals surface area contributed by atoms with Crippen molar-refractivity contribution in [3.63, 3.8) is 0 Å². The molecule has 2 rings (SSSR count). The van der Waals surface area contributed by atoms with Crippen LogP contribution in [0.4, 0.5) is 4.39 Å². The molecule has 0 amide bonds. The number of hydrogen-bond donors (Lipinski definition) is 1. The van der Waals surface area contributed by atoms with Crippen molar-refractivity contribution in [2.75, 3.05) is 0 Å². The Morgan fingerprint density at radius 2 is 2.06 bits per heavy atom. The second kappa shape index (κ2) is 4.88. The third-order valence-corrected chi connectivity index (χ3v) is 2.27. The number of hydrogen-bond acceptors (Lipinski definition) is 4. The molecule has 0 bridgehead atoms. The Labute approximate surface area is 98.2 Å². The van der Waals surface area contributed by atoms with Crippen molar-refractivity contribution >= 4 is 0 Å². The van der Waals surface area contributed by atoms with Gasteiger partial charge in [0.1, 0.15) is 11.6 Å². The molecule has 4 nitrogen and oxygen atoms in total. The van der Waals surface area contributed by atoms with Gasteiger partial charge in [0.2, 0.25) is 5.88 Å². The summed E-state index contributed by atoms with van der Waals surface area (Å²) in [5.41, 5.74) is 6.64. The second-order valence-electron chi connectivity index (χ2n) is 3.58. The van der Waals surface area contributed by atoms with Crippen LogP contribution >= 0.6 is 0 Å². The van der Waals surface area contributed by atoms with Gasteiger partial charge in [0.25, 0.3) is 0 Å². The maximum absolute atomic E-state index is 13.3. The van der Waals surface area contributed by atoms with Gasteiger partial charge in [-0.25, -0.2) is 4.39 Å². The highest BCUT2D eigenvalue weighted by atomic mass is 19.1. The van der Waals surface area contributed by atoms with Crippen LogP contribution in [0.1, 0.15) is 11.3 Å². The highest BCUT2D eigenvalue weighted by Crippen LogP contribution is 2.21. The fraction of sp³-hybridized carbons (Fsp3) is 0.167. The Hall–Kier alpha value is -2.01. The number of nitrogens with zero attached hydrogens (tertiary/aromatic N) is 2. The van der Waals surface area contributed by atoms with Crippen LogP contribution in [-0.4, -0.2) is 10.2 Å². The van der Waals surface area contributed by atoms with E-state index >= 15 is 0 Å². The van der Waals surface area contributed by atoms with Crippen molar-refractivity contribution < 1.29 is 9.13 Å². The molecule has 0 saturated carbocycles. The second-order valence-corrected chi connectivity index (χ2v) is 3.58. The summed E-state index contributed by atoms with van der Waals surface area (Å²) >= 11 is 0.